The molecule has 0 spiro atoms. The molecule has 0 saturated carbocycles. The van der Waals surface area contributed by atoms with E-state index in [1.807, 2.05) is 11.8 Å². The lowest BCUT2D eigenvalue weighted by molar-refractivity contribution is 0.660. The molecule has 0 atom stereocenters. The summed E-state index contributed by atoms with van der Waals surface area (Å²) in [7, 11) is 0. The molecule has 0 amide bonds. The van der Waals surface area contributed by atoms with E-state index in [-0.39, 0.29) is 5.41 Å². The number of nitrogens with zero attached hydrogens (tertiary/aromatic N) is 2. The van der Waals surface area contributed by atoms with Crippen molar-refractivity contribution in [3.05, 3.63) is 242 Å². The van der Waals surface area contributed by atoms with E-state index in [1.165, 1.54) is 86.6 Å². The average Bonchev–Trinajstić information content (AvgIpc) is 3.59. The lowest BCUT2D eigenvalue weighted by atomic mass is 9.82. The fourth-order valence-corrected chi connectivity index (χ4v) is 11.9. The number of fused-ring (bicyclic) bond motifs is 7. The van der Waals surface area contributed by atoms with Crippen LogP contribution in [0.15, 0.2) is 240 Å². The van der Waals surface area contributed by atoms with Crippen LogP contribution in [0.3, 0.4) is 0 Å². The predicted octanol–water partition coefficient (Wildman–Crippen LogP) is 18.2. The van der Waals surface area contributed by atoms with Crippen molar-refractivity contribution in [1.29, 1.82) is 0 Å². The molecule has 3 heteroatoms. The van der Waals surface area contributed by atoms with Crippen LogP contribution in [0, 0.1) is 0 Å². The standard InChI is InChI=1S/C63H44N2S/c1-63(2)57-38-49(64(47-28-25-43(26-29-47)41-13-4-3-5-14-41)51-33-36-55-56-22-10-19-45-20-12-24-60(62(45)56)66-61(55)40-51)31-34-53(57)54-35-32-50(39-58(54)63)65(48-30-27-42-15-6-7-17-46(42)37-48)59-23-11-18-44-16-8-9-21-52(44)59/h3-40H,1-2H3. The van der Waals surface area contributed by atoms with Gasteiger partial charge in [-0.15, -0.1) is 0 Å². The summed E-state index contributed by atoms with van der Waals surface area (Å²) >= 11 is 1.88. The van der Waals surface area contributed by atoms with Gasteiger partial charge in [-0.05, 0) is 139 Å². The number of hydrogen-bond acceptors (Lipinski definition) is 3. The minimum absolute atomic E-state index is 0.276. The summed E-state index contributed by atoms with van der Waals surface area (Å²) in [5, 5.41) is 7.54. The average molecular weight is 861 g/mol. The molecule has 0 aromatic heterocycles. The molecule has 66 heavy (non-hydrogen) atoms. The first-order chi connectivity index (χ1) is 32.5. The molecule has 1 aliphatic carbocycles. The van der Waals surface area contributed by atoms with Gasteiger partial charge >= 0.3 is 0 Å². The lowest BCUT2D eigenvalue weighted by Gasteiger charge is -2.30. The van der Waals surface area contributed by atoms with E-state index in [0.717, 1.165) is 34.1 Å². The van der Waals surface area contributed by atoms with Crippen molar-refractivity contribution < 1.29 is 0 Å². The highest BCUT2D eigenvalue weighted by Gasteiger charge is 2.37. The van der Waals surface area contributed by atoms with Crippen molar-refractivity contribution >= 4 is 78.2 Å². The topological polar surface area (TPSA) is 6.48 Å². The first-order valence-electron chi connectivity index (χ1n) is 22.8. The van der Waals surface area contributed by atoms with Crippen molar-refractivity contribution in [3.63, 3.8) is 0 Å². The van der Waals surface area contributed by atoms with Crippen molar-refractivity contribution in [2.45, 2.75) is 29.1 Å². The summed E-state index contributed by atoms with van der Waals surface area (Å²) in [6.07, 6.45) is 0. The molecule has 0 saturated heterocycles. The Morgan fingerprint density at radius 3 is 1.65 bits per heavy atom. The van der Waals surface area contributed by atoms with Crippen LogP contribution in [0.1, 0.15) is 25.0 Å². The second kappa shape index (κ2) is 15.1. The van der Waals surface area contributed by atoms with E-state index in [2.05, 4.69) is 254 Å². The largest absolute Gasteiger partial charge is 0.310 e. The first-order valence-corrected chi connectivity index (χ1v) is 23.6. The summed E-state index contributed by atoms with van der Waals surface area (Å²) in [6, 6.07) is 85.3. The van der Waals surface area contributed by atoms with Crippen LogP contribution in [0.2, 0.25) is 0 Å². The van der Waals surface area contributed by atoms with E-state index in [9.17, 15) is 0 Å². The Morgan fingerprint density at radius 1 is 0.333 bits per heavy atom. The van der Waals surface area contributed by atoms with Gasteiger partial charge in [0.1, 0.15) is 0 Å². The quantitative estimate of drug-likeness (QED) is 0.158. The van der Waals surface area contributed by atoms with Crippen LogP contribution >= 0.6 is 11.8 Å². The van der Waals surface area contributed by atoms with Crippen molar-refractivity contribution in [2.75, 3.05) is 9.80 Å². The first kappa shape index (κ1) is 38.6. The van der Waals surface area contributed by atoms with Gasteiger partial charge in [-0.2, -0.15) is 0 Å². The van der Waals surface area contributed by atoms with Crippen LogP contribution < -0.4 is 9.80 Å². The molecule has 11 aromatic rings. The molecule has 2 nitrogen and oxygen atoms in total. The fourth-order valence-electron chi connectivity index (χ4n) is 10.7. The minimum Gasteiger partial charge on any atom is -0.310 e. The SMILES string of the molecule is CC1(C)c2cc(N(c3ccc(-c4ccccc4)cc3)c3ccc4c(c3)Sc3cccc5cccc-4c35)ccc2-c2ccc(N(c3ccc4ccccc4c3)c3cccc4ccccc34)cc21. The molecule has 11 aromatic carbocycles. The van der Waals surface area contributed by atoms with Gasteiger partial charge in [-0.25, -0.2) is 0 Å². The molecule has 1 heterocycles. The van der Waals surface area contributed by atoms with E-state index < -0.39 is 0 Å². The summed E-state index contributed by atoms with van der Waals surface area (Å²) in [5.41, 5.74) is 16.8. The zero-order valence-corrected chi connectivity index (χ0v) is 37.6. The van der Waals surface area contributed by atoms with Crippen molar-refractivity contribution in [2.24, 2.45) is 0 Å². The maximum absolute atomic E-state index is 2.45. The Morgan fingerprint density at radius 2 is 0.879 bits per heavy atom. The van der Waals surface area contributed by atoms with Gasteiger partial charge in [0.05, 0.1) is 5.69 Å². The van der Waals surface area contributed by atoms with E-state index in [0.29, 0.717) is 0 Å². The molecule has 0 radical (unpaired) electrons. The molecular weight excluding hydrogens is 817 g/mol. The van der Waals surface area contributed by atoms with E-state index >= 15 is 0 Å². The maximum Gasteiger partial charge on any atom is 0.0540 e. The van der Waals surface area contributed by atoms with Crippen molar-refractivity contribution in [3.8, 4) is 33.4 Å². The zero-order valence-electron chi connectivity index (χ0n) is 36.7. The third-order valence-corrected chi connectivity index (χ3v) is 15.1. The summed E-state index contributed by atoms with van der Waals surface area (Å²) in [5.74, 6) is 0. The minimum atomic E-state index is -0.276. The van der Waals surface area contributed by atoms with Crippen LogP contribution in [0.25, 0.3) is 65.7 Å². The highest BCUT2D eigenvalue weighted by molar-refractivity contribution is 7.99. The zero-order chi connectivity index (χ0) is 43.9. The summed E-state index contributed by atoms with van der Waals surface area (Å²) in [4.78, 5) is 7.48. The predicted molar refractivity (Wildman–Crippen MR) is 281 cm³/mol. The Balaban J connectivity index is 0.936. The van der Waals surface area contributed by atoms with Gasteiger partial charge in [0, 0.05) is 54.4 Å². The normalized spacial score (nSPS) is 13.1. The lowest BCUT2D eigenvalue weighted by Crippen LogP contribution is -2.18. The van der Waals surface area contributed by atoms with Gasteiger partial charge in [0.2, 0.25) is 0 Å². The van der Waals surface area contributed by atoms with Crippen LogP contribution in [0.5, 0.6) is 0 Å². The number of anilines is 6. The Bertz CT molecular complexity index is 3710. The third-order valence-electron chi connectivity index (χ3n) is 14.0. The highest BCUT2D eigenvalue weighted by Crippen LogP contribution is 2.54. The Kier molecular flexibility index (Phi) is 8.84. The van der Waals surface area contributed by atoms with Gasteiger partial charge < -0.3 is 9.80 Å². The maximum atomic E-state index is 2.45. The third kappa shape index (κ3) is 6.19. The van der Waals surface area contributed by atoms with E-state index in [4.69, 9.17) is 0 Å². The molecule has 0 N–H and O–H groups in total. The van der Waals surface area contributed by atoms with Crippen LogP contribution in [-0.4, -0.2) is 0 Å². The second-order valence-electron chi connectivity index (χ2n) is 18.1. The fraction of sp³-hybridized carbons (Fsp3) is 0.0476. The number of benzene rings is 11. The smallest absolute Gasteiger partial charge is 0.0540 e. The number of rotatable bonds is 7. The van der Waals surface area contributed by atoms with Gasteiger partial charge in [-0.1, -0.05) is 183 Å². The molecule has 13 rings (SSSR count). The number of hydrogen-bond donors (Lipinski definition) is 0. The molecule has 0 bridgehead atoms. The molecule has 0 fully saturated rings. The molecular formula is C63H44N2S. The summed E-state index contributed by atoms with van der Waals surface area (Å²) < 4.78 is 0. The van der Waals surface area contributed by atoms with Crippen molar-refractivity contribution in [1.82, 2.24) is 0 Å². The molecule has 2 aliphatic rings. The molecule has 1 aliphatic heterocycles. The Labute approximate surface area is 390 Å². The Hall–Kier alpha value is -7.85. The van der Waals surface area contributed by atoms with Gasteiger partial charge in [-0.3, -0.25) is 0 Å². The molecule has 0 unspecified atom stereocenters. The van der Waals surface area contributed by atoms with E-state index in [1.54, 1.807) is 0 Å². The second-order valence-corrected chi connectivity index (χ2v) is 19.2. The van der Waals surface area contributed by atoms with Gasteiger partial charge in [0.15, 0.2) is 0 Å². The van der Waals surface area contributed by atoms with Gasteiger partial charge in [0.25, 0.3) is 0 Å². The summed E-state index contributed by atoms with van der Waals surface area (Å²) in [6.45, 7) is 4.80. The monoisotopic (exact) mass is 860 g/mol. The molecule has 312 valence electrons. The van der Waals surface area contributed by atoms with Crippen LogP contribution in [0.4, 0.5) is 34.1 Å². The highest BCUT2D eigenvalue weighted by atomic mass is 32.2. The van der Waals surface area contributed by atoms with Crippen LogP contribution in [-0.2, 0) is 5.41 Å².